The summed E-state index contributed by atoms with van der Waals surface area (Å²) in [6.45, 7) is 1.85. The molecule has 110 valence electrons. The zero-order chi connectivity index (χ0) is 15.3. The second-order valence-electron chi connectivity index (χ2n) is 4.40. The second kappa shape index (κ2) is 7.03. The average Bonchev–Trinajstić information content (AvgIpc) is 2.45. The van der Waals surface area contributed by atoms with Crippen LogP contribution < -0.4 is 10.1 Å². The number of methoxy groups -OCH3 is 1. The van der Waals surface area contributed by atoms with Crippen LogP contribution in [-0.4, -0.2) is 34.1 Å². The third kappa shape index (κ3) is 3.69. The van der Waals surface area contributed by atoms with Crippen molar-refractivity contribution in [2.75, 3.05) is 17.8 Å². The number of benzene rings is 1. The van der Waals surface area contributed by atoms with E-state index in [1.807, 2.05) is 6.92 Å². The summed E-state index contributed by atoms with van der Waals surface area (Å²) in [5.41, 5.74) is -0.610. The zero-order valence-corrected chi connectivity index (χ0v) is 14.2. The Morgan fingerprint density at radius 1 is 1.45 bits per heavy atom. The number of rotatable bonds is 6. The number of carbonyl (C=O) groups excluding carboxylic acids is 1. The van der Waals surface area contributed by atoms with E-state index < -0.39 is 16.4 Å². The lowest BCUT2D eigenvalue weighted by Crippen LogP contribution is -2.49. The standard InChI is InChI=1S/C12H14Br2N2O4/c1-12(6-13,7-14)15-11(17)8-4-3-5-9(16(18)19)10(8)20-2/h3-5H,6-7H2,1-2H3,(H,15,17). The third-order valence-corrected chi connectivity index (χ3v) is 5.12. The molecule has 0 saturated heterocycles. The Hall–Kier alpha value is -1.15. The summed E-state index contributed by atoms with van der Waals surface area (Å²) < 4.78 is 5.01. The minimum atomic E-state index is -0.580. The Balaban J connectivity index is 3.17. The van der Waals surface area contributed by atoms with Crippen molar-refractivity contribution in [2.45, 2.75) is 12.5 Å². The fraction of sp³-hybridized carbons (Fsp3) is 0.417. The molecule has 1 aromatic rings. The molecule has 1 rings (SSSR count). The maximum Gasteiger partial charge on any atom is 0.311 e. The van der Waals surface area contributed by atoms with E-state index in [0.29, 0.717) is 10.7 Å². The predicted octanol–water partition coefficient (Wildman–Crippen LogP) is 2.88. The van der Waals surface area contributed by atoms with Crippen LogP contribution in [0.25, 0.3) is 0 Å². The van der Waals surface area contributed by atoms with Crippen molar-refractivity contribution in [2.24, 2.45) is 0 Å². The van der Waals surface area contributed by atoms with Gasteiger partial charge in [0.05, 0.1) is 23.1 Å². The Bertz CT molecular complexity index is 518. The van der Waals surface area contributed by atoms with Gasteiger partial charge < -0.3 is 10.1 Å². The molecule has 0 aliphatic carbocycles. The molecule has 1 N–H and O–H groups in total. The largest absolute Gasteiger partial charge is 0.490 e. The van der Waals surface area contributed by atoms with Gasteiger partial charge in [-0.1, -0.05) is 37.9 Å². The van der Waals surface area contributed by atoms with Gasteiger partial charge in [-0.2, -0.15) is 0 Å². The summed E-state index contributed by atoms with van der Waals surface area (Å²) in [7, 11) is 1.30. The van der Waals surface area contributed by atoms with E-state index in [4.69, 9.17) is 4.74 Å². The first-order chi connectivity index (χ1) is 9.38. The quantitative estimate of drug-likeness (QED) is 0.445. The highest BCUT2D eigenvalue weighted by molar-refractivity contribution is 9.09. The number of halogens is 2. The molecule has 0 spiro atoms. The van der Waals surface area contributed by atoms with E-state index in [9.17, 15) is 14.9 Å². The summed E-state index contributed by atoms with van der Waals surface area (Å²) in [4.78, 5) is 22.6. The number of hydrogen-bond acceptors (Lipinski definition) is 4. The fourth-order valence-electron chi connectivity index (χ4n) is 1.51. The first-order valence-electron chi connectivity index (χ1n) is 5.64. The summed E-state index contributed by atoms with van der Waals surface area (Å²) in [5, 5.41) is 14.8. The second-order valence-corrected chi connectivity index (χ2v) is 5.52. The highest BCUT2D eigenvalue weighted by Crippen LogP contribution is 2.30. The van der Waals surface area contributed by atoms with Crippen LogP contribution in [0.3, 0.4) is 0 Å². The molecule has 0 aromatic heterocycles. The first kappa shape index (κ1) is 16.9. The third-order valence-electron chi connectivity index (χ3n) is 2.64. The maximum absolute atomic E-state index is 12.3. The van der Waals surface area contributed by atoms with E-state index in [1.165, 1.54) is 25.3 Å². The molecule has 20 heavy (non-hydrogen) atoms. The smallest absolute Gasteiger partial charge is 0.311 e. The number of ether oxygens (including phenoxy) is 1. The van der Waals surface area contributed by atoms with Crippen LogP contribution in [-0.2, 0) is 0 Å². The van der Waals surface area contributed by atoms with Gasteiger partial charge in [0.25, 0.3) is 5.91 Å². The minimum Gasteiger partial charge on any atom is -0.490 e. The van der Waals surface area contributed by atoms with Gasteiger partial charge in [-0.05, 0) is 13.0 Å². The number of nitro benzene ring substituents is 1. The zero-order valence-electron chi connectivity index (χ0n) is 11.0. The Morgan fingerprint density at radius 3 is 2.50 bits per heavy atom. The number of carbonyl (C=O) groups is 1. The van der Waals surface area contributed by atoms with Crippen LogP contribution >= 0.6 is 31.9 Å². The van der Waals surface area contributed by atoms with Gasteiger partial charge in [-0.25, -0.2) is 0 Å². The van der Waals surface area contributed by atoms with Crippen molar-refractivity contribution in [1.29, 1.82) is 0 Å². The van der Waals surface area contributed by atoms with Gasteiger partial charge in [-0.15, -0.1) is 0 Å². The number of nitro groups is 1. The average molecular weight is 410 g/mol. The molecular formula is C12H14Br2N2O4. The Morgan fingerprint density at radius 2 is 2.05 bits per heavy atom. The van der Waals surface area contributed by atoms with Crippen molar-refractivity contribution in [1.82, 2.24) is 5.32 Å². The van der Waals surface area contributed by atoms with Crippen LogP contribution in [0.1, 0.15) is 17.3 Å². The van der Waals surface area contributed by atoms with Crippen molar-refractivity contribution in [3.8, 4) is 5.75 Å². The van der Waals surface area contributed by atoms with Crippen LogP contribution in [0.4, 0.5) is 5.69 Å². The van der Waals surface area contributed by atoms with Gasteiger partial charge in [0.1, 0.15) is 0 Å². The molecule has 0 unspecified atom stereocenters. The van der Waals surface area contributed by atoms with Crippen molar-refractivity contribution in [3.63, 3.8) is 0 Å². The Kier molecular flexibility index (Phi) is 5.94. The van der Waals surface area contributed by atoms with E-state index in [0.717, 1.165) is 0 Å². The molecule has 0 fully saturated rings. The normalized spacial score (nSPS) is 11.0. The van der Waals surface area contributed by atoms with Crippen molar-refractivity contribution >= 4 is 43.5 Å². The SMILES string of the molecule is COc1c(C(=O)NC(C)(CBr)CBr)cccc1[N+](=O)[O-]. The summed E-state index contributed by atoms with van der Waals surface area (Å²) >= 11 is 6.64. The van der Waals surface area contributed by atoms with E-state index in [-0.39, 0.29) is 17.0 Å². The number of alkyl halides is 2. The molecule has 0 aliphatic rings. The highest BCUT2D eigenvalue weighted by atomic mass is 79.9. The molecule has 6 nitrogen and oxygen atoms in total. The van der Waals surface area contributed by atoms with Crippen LogP contribution in [0, 0.1) is 10.1 Å². The summed E-state index contributed by atoms with van der Waals surface area (Å²) in [5.74, 6) is -0.464. The summed E-state index contributed by atoms with van der Waals surface area (Å²) in [6, 6.07) is 4.24. The van der Waals surface area contributed by atoms with E-state index in [2.05, 4.69) is 37.2 Å². The molecule has 0 heterocycles. The lowest BCUT2D eigenvalue weighted by Gasteiger charge is -2.26. The van der Waals surface area contributed by atoms with Crippen LogP contribution in [0.2, 0.25) is 0 Å². The molecule has 0 bridgehead atoms. The number of nitrogens with one attached hydrogen (secondary N) is 1. The summed E-state index contributed by atoms with van der Waals surface area (Å²) in [6.07, 6.45) is 0. The molecule has 0 atom stereocenters. The Labute approximate surface area is 133 Å². The van der Waals surface area contributed by atoms with Crippen molar-refractivity contribution < 1.29 is 14.5 Å². The molecule has 0 radical (unpaired) electrons. The number of amides is 1. The van der Waals surface area contributed by atoms with Gasteiger partial charge in [-0.3, -0.25) is 14.9 Å². The number of para-hydroxylation sites is 1. The topological polar surface area (TPSA) is 81.5 Å². The first-order valence-corrected chi connectivity index (χ1v) is 7.88. The van der Waals surface area contributed by atoms with E-state index >= 15 is 0 Å². The van der Waals surface area contributed by atoms with Crippen LogP contribution in [0.5, 0.6) is 5.75 Å². The van der Waals surface area contributed by atoms with Crippen LogP contribution in [0.15, 0.2) is 18.2 Å². The molecule has 0 saturated carbocycles. The lowest BCUT2D eigenvalue weighted by molar-refractivity contribution is -0.385. The predicted molar refractivity (Wildman–Crippen MR) is 83.1 cm³/mol. The monoisotopic (exact) mass is 408 g/mol. The van der Waals surface area contributed by atoms with Gasteiger partial charge in [0.2, 0.25) is 5.75 Å². The number of hydrogen-bond donors (Lipinski definition) is 1. The van der Waals surface area contributed by atoms with E-state index in [1.54, 1.807) is 0 Å². The molecule has 1 amide bonds. The maximum atomic E-state index is 12.3. The minimum absolute atomic E-state index is 0.0403. The fourth-order valence-corrected chi connectivity index (χ4v) is 2.71. The molecule has 8 heteroatoms. The lowest BCUT2D eigenvalue weighted by atomic mass is 10.1. The highest BCUT2D eigenvalue weighted by Gasteiger charge is 2.28. The molecule has 1 aromatic carbocycles. The van der Waals surface area contributed by atoms with Crippen molar-refractivity contribution in [3.05, 3.63) is 33.9 Å². The van der Waals surface area contributed by atoms with Gasteiger partial charge in [0.15, 0.2) is 0 Å². The van der Waals surface area contributed by atoms with Gasteiger partial charge >= 0.3 is 5.69 Å². The molecular weight excluding hydrogens is 396 g/mol. The number of nitrogens with zero attached hydrogens (tertiary/aromatic N) is 1. The molecule has 0 aliphatic heterocycles. The van der Waals surface area contributed by atoms with Gasteiger partial charge in [0, 0.05) is 16.7 Å².